The largest absolute Gasteiger partial charge is 0.467 e. The molecule has 0 aromatic heterocycles. The molecule has 0 heterocycles. The van der Waals surface area contributed by atoms with Gasteiger partial charge in [-0.1, -0.05) is 13.8 Å². The summed E-state index contributed by atoms with van der Waals surface area (Å²) in [4.78, 5) is 24.1. The highest BCUT2D eigenvalue weighted by Crippen LogP contribution is 2.19. The fourth-order valence-electron chi connectivity index (χ4n) is 2.41. The van der Waals surface area contributed by atoms with Crippen LogP contribution in [0.1, 0.15) is 30.6 Å². The number of nitrogens with one attached hydrogen (secondary N) is 1. The van der Waals surface area contributed by atoms with E-state index < -0.39 is 39.3 Å². The van der Waals surface area contributed by atoms with Crippen LogP contribution in [0.2, 0.25) is 0 Å². The number of methoxy groups -OCH3 is 1. The predicted molar refractivity (Wildman–Crippen MR) is 103 cm³/mol. The SMILES string of the molecule is CCN(CC)S(=O)(=O)c1ccc(F)c(C(=O)N[C@@H](CCSC)C(=O)OC)c1. The van der Waals surface area contributed by atoms with E-state index in [1.165, 1.54) is 23.2 Å². The van der Waals surface area contributed by atoms with Crippen LogP contribution in [0.25, 0.3) is 0 Å². The Balaban J connectivity index is 3.18. The lowest BCUT2D eigenvalue weighted by Gasteiger charge is -2.19. The Morgan fingerprint density at radius 1 is 1.30 bits per heavy atom. The Labute approximate surface area is 163 Å². The van der Waals surface area contributed by atoms with Gasteiger partial charge in [0.1, 0.15) is 11.9 Å². The lowest BCUT2D eigenvalue weighted by molar-refractivity contribution is -0.142. The predicted octanol–water partition coefficient (Wildman–Crippen LogP) is 1.88. The Kier molecular flexibility index (Phi) is 9.20. The molecular weight excluding hydrogens is 395 g/mol. The second kappa shape index (κ2) is 10.6. The van der Waals surface area contributed by atoms with Gasteiger partial charge >= 0.3 is 5.97 Å². The van der Waals surface area contributed by atoms with Crippen molar-refractivity contribution >= 4 is 33.7 Å². The summed E-state index contributed by atoms with van der Waals surface area (Å²) >= 11 is 1.48. The summed E-state index contributed by atoms with van der Waals surface area (Å²) in [5.74, 6) is -1.82. The molecule has 1 N–H and O–H groups in total. The maximum absolute atomic E-state index is 14.2. The highest BCUT2D eigenvalue weighted by molar-refractivity contribution is 7.98. The average molecular weight is 421 g/mol. The highest BCUT2D eigenvalue weighted by Gasteiger charge is 2.26. The fraction of sp³-hybridized carbons (Fsp3) is 0.529. The number of hydrogen-bond donors (Lipinski definition) is 1. The molecule has 0 fully saturated rings. The van der Waals surface area contributed by atoms with Crippen molar-refractivity contribution in [2.45, 2.75) is 31.2 Å². The normalized spacial score (nSPS) is 12.7. The Morgan fingerprint density at radius 3 is 2.44 bits per heavy atom. The summed E-state index contributed by atoms with van der Waals surface area (Å²) in [7, 11) is -2.65. The number of halogens is 1. The molecule has 27 heavy (non-hydrogen) atoms. The molecule has 0 saturated heterocycles. The Hall–Kier alpha value is -1.65. The molecule has 0 bridgehead atoms. The lowest BCUT2D eigenvalue weighted by Crippen LogP contribution is -2.42. The first-order chi connectivity index (χ1) is 12.7. The van der Waals surface area contributed by atoms with Crippen LogP contribution >= 0.6 is 11.8 Å². The number of carbonyl (C=O) groups is 2. The third-order valence-electron chi connectivity index (χ3n) is 3.93. The molecule has 1 atom stereocenters. The van der Waals surface area contributed by atoms with Crippen LogP contribution in [-0.2, 0) is 19.6 Å². The third kappa shape index (κ3) is 5.91. The van der Waals surface area contributed by atoms with Gasteiger partial charge in [0.25, 0.3) is 5.91 Å². The molecule has 10 heteroatoms. The van der Waals surface area contributed by atoms with Crippen LogP contribution in [-0.4, -0.2) is 62.8 Å². The van der Waals surface area contributed by atoms with E-state index in [2.05, 4.69) is 10.1 Å². The Morgan fingerprint density at radius 2 is 1.93 bits per heavy atom. The van der Waals surface area contributed by atoms with Gasteiger partial charge in [0.05, 0.1) is 17.6 Å². The minimum Gasteiger partial charge on any atom is -0.467 e. The third-order valence-corrected chi connectivity index (χ3v) is 6.62. The van der Waals surface area contributed by atoms with Gasteiger partial charge in [-0.25, -0.2) is 17.6 Å². The second-order valence-corrected chi connectivity index (χ2v) is 8.49. The minimum atomic E-state index is -3.85. The number of sulfonamides is 1. The first kappa shape index (κ1) is 23.4. The van der Waals surface area contributed by atoms with E-state index in [-0.39, 0.29) is 18.0 Å². The molecule has 0 spiro atoms. The molecule has 0 saturated carbocycles. The smallest absolute Gasteiger partial charge is 0.328 e. The van der Waals surface area contributed by atoms with Gasteiger partial charge in [-0.2, -0.15) is 16.1 Å². The van der Waals surface area contributed by atoms with E-state index >= 15 is 0 Å². The van der Waals surface area contributed by atoms with Crippen molar-refractivity contribution in [2.24, 2.45) is 0 Å². The summed E-state index contributed by atoms with van der Waals surface area (Å²) in [5, 5.41) is 2.42. The van der Waals surface area contributed by atoms with E-state index in [4.69, 9.17) is 0 Å². The monoisotopic (exact) mass is 420 g/mol. The molecule has 1 aromatic carbocycles. The Bertz CT molecular complexity index is 767. The maximum Gasteiger partial charge on any atom is 0.328 e. The number of esters is 1. The molecule has 0 aliphatic rings. The number of nitrogens with zero attached hydrogens (tertiary/aromatic N) is 1. The molecule has 1 rings (SSSR count). The van der Waals surface area contributed by atoms with Gasteiger partial charge < -0.3 is 10.1 Å². The molecule has 0 unspecified atom stereocenters. The van der Waals surface area contributed by atoms with Gasteiger partial charge in [-0.05, 0) is 36.6 Å². The van der Waals surface area contributed by atoms with Gasteiger partial charge in [-0.3, -0.25) is 4.79 Å². The van der Waals surface area contributed by atoms with Crippen LogP contribution in [0.15, 0.2) is 23.1 Å². The second-order valence-electron chi connectivity index (χ2n) is 5.56. The quantitative estimate of drug-likeness (QED) is 0.581. The van der Waals surface area contributed by atoms with Gasteiger partial charge in [-0.15, -0.1) is 0 Å². The standard InChI is InChI=1S/C17H25FN2O5S2/c1-5-20(6-2)27(23,24)12-7-8-14(18)13(11-12)16(21)19-15(9-10-26-4)17(22)25-3/h7-8,11,15H,5-6,9-10H2,1-4H3,(H,19,21)/t15-/m0/s1. The zero-order valence-electron chi connectivity index (χ0n) is 15.8. The van der Waals surface area contributed by atoms with E-state index in [1.54, 1.807) is 13.8 Å². The van der Waals surface area contributed by atoms with Crippen LogP contribution in [0, 0.1) is 5.82 Å². The summed E-state index contributed by atoms with van der Waals surface area (Å²) in [6.07, 6.45) is 2.15. The van der Waals surface area contributed by atoms with Gasteiger partial charge in [0.2, 0.25) is 10.0 Å². The van der Waals surface area contributed by atoms with Crippen molar-refractivity contribution in [3.8, 4) is 0 Å². The maximum atomic E-state index is 14.2. The van der Waals surface area contributed by atoms with Crippen molar-refractivity contribution in [1.29, 1.82) is 0 Å². The van der Waals surface area contributed by atoms with Crippen molar-refractivity contribution in [3.05, 3.63) is 29.6 Å². The van der Waals surface area contributed by atoms with Crippen LogP contribution < -0.4 is 5.32 Å². The highest BCUT2D eigenvalue weighted by atomic mass is 32.2. The summed E-state index contributed by atoms with van der Waals surface area (Å²) < 4.78 is 45.2. The minimum absolute atomic E-state index is 0.184. The van der Waals surface area contributed by atoms with E-state index in [0.29, 0.717) is 12.2 Å². The topological polar surface area (TPSA) is 92.8 Å². The van der Waals surface area contributed by atoms with Crippen molar-refractivity contribution < 1.29 is 27.1 Å². The molecule has 0 aliphatic heterocycles. The fourth-order valence-corrected chi connectivity index (χ4v) is 4.37. The number of rotatable bonds is 10. The summed E-state index contributed by atoms with van der Waals surface area (Å²) in [6, 6.07) is 2.09. The molecule has 0 radical (unpaired) electrons. The van der Waals surface area contributed by atoms with Crippen LogP contribution in [0.5, 0.6) is 0 Å². The number of ether oxygens (including phenoxy) is 1. The summed E-state index contributed by atoms with van der Waals surface area (Å²) in [5.41, 5.74) is -0.443. The van der Waals surface area contributed by atoms with Crippen molar-refractivity contribution in [2.75, 3.05) is 32.2 Å². The lowest BCUT2D eigenvalue weighted by atomic mass is 10.1. The molecule has 1 amide bonds. The summed E-state index contributed by atoms with van der Waals surface area (Å²) in [6.45, 7) is 3.86. The van der Waals surface area contributed by atoms with Crippen molar-refractivity contribution in [1.82, 2.24) is 9.62 Å². The average Bonchev–Trinajstić information content (AvgIpc) is 2.65. The van der Waals surface area contributed by atoms with Crippen LogP contribution in [0.3, 0.4) is 0 Å². The van der Waals surface area contributed by atoms with Crippen molar-refractivity contribution in [3.63, 3.8) is 0 Å². The van der Waals surface area contributed by atoms with E-state index in [0.717, 1.165) is 18.2 Å². The molecule has 0 aliphatic carbocycles. The number of hydrogen-bond acceptors (Lipinski definition) is 6. The van der Waals surface area contributed by atoms with Crippen LogP contribution in [0.4, 0.5) is 4.39 Å². The van der Waals surface area contributed by atoms with Gasteiger partial charge in [0.15, 0.2) is 0 Å². The number of carbonyl (C=O) groups excluding carboxylic acids is 2. The first-order valence-electron chi connectivity index (χ1n) is 8.40. The molecule has 7 nitrogen and oxygen atoms in total. The zero-order chi connectivity index (χ0) is 20.6. The number of thioether (sulfide) groups is 1. The van der Waals surface area contributed by atoms with Gasteiger partial charge in [0, 0.05) is 13.1 Å². The number of amides is 1. The molecule has 1 aromatic rings. The molecular formula is C17H25FN2O5S2. The van der Waals surface area contributed by atoms with E-state index in [9.17, 15) is 22.4 Å². The van der Waals surface area contributed by atoms with E-state index in [1.807, 2.05) is 6.26 Å². The molecule has 152 valence electrons. The zero-order valence-corrected chi connectivity index (χ0v) is 17.5. The number of benzene rings is 1. The first-order valence-corrected chi connectivity index (χ1v) is 11.2.